The molecule has 3 aliphatic heterocycles. The fourth-order valence-corrected chi connectivity index (χ4v) is 8.10. The smallest absolute Gasteiger partial charge is 0.310 e. The van der Waals surface area contributed by atoms with Gasteiger partial charge in [0.15, 0.2) is 47.5 Å². The van der Waals surface area contributed by atoms with Gasteiger partial charge in [-0.2, -0.15) is 0 Å². The zero-order chi connectivity index (χ0) is 42.1. The number of esters is 5. The number of methoxy groups -OCH3 is 3. The number of hydrogen-bond donors (Lipinski definition) is 0. The van der Waals surface area contributed by atoms with E-state index in [1.807, 2.05) is 12.1 Å². The number of fused-ring (bicyclic) bond motifs is 3. The van der Waals surface area contributed by atoms with E-state index < -0.39 is 91.0 Å². The van der Waals surface area contributed by atoms with Gasteiger partial charge in [-0.3, -0.25) is 24.0 Å². The van der Waals surface area contributed by atoms with Crippen LogP contribution in [0, 0.1) is 11.8 Å². The first-order chi connectivity index (χ1) is 28.3. The molecule has 4 aliphatic rings. The molecule has 2 saturated heterocycles. The Balaban J connectivity index is 1.22. The number of cyclic esters (lactones) is 1. The summed E-state index contributed by atoms with van der Waals surface area (Å²) in [6, 6.07) is 7.28. The van der Waals surface area contributed by atoms with Crippen molar-refractivity contribution in [2.24, 2.45) is 11.8 Å². The van der Waals surface area contributed by atoms with Crippen LogP contribution in [0.4, 0.5) is 0 Å². The van der Waals surface area contributed by atoms with Gasteiger partial charge in [-0.15, -0.1) is 5.10 Å². The molecule has 0 N–H and O–H groups in total. The highest BCUT2D eigenvalue weighted by Crippen LogP contribution is 2.56. The third-order valence-electron chi connectivity index (χ3n) is 10.4. The second-order valence-electron chi connectivity index (χ2n) is 14.1. The molecule has 2 aromatic carbocycles. The van der Waals surface area contributed by atoms with Crippen LogP contribution in [0.2, 0.25) is 0 Å². The largest absolute Gasteiger partial charge is 0.493 e. The molecule has 59 heavy (non-hydrogen) atoms. The van der Waals surface area contributed by atoms with Gasteiger partial charge < -0.3 is 56.8 Å². The number of nitrogens with zero attached hydrogens (tertiary/aromatic N) is 3. The summed E-state index contributed by atoms with van der Waals surface area (Å²) in [5, 5.41) is 8.50. The lowest BCUT2D eigenvalue weighted by Gasteiger charge is -2.44. The van der Waals surface area contributed by atoms with Crippen LogP contribution in [-0.2, 0) is 63.7 Å². The first-order valence-electron chi connectivity index (χ1n) is 18.5. The Labute approximate surface area is 337 Å². The van der Waals surface area contributed by atoms with Gasteiger partial charge in [0, 0.05) is 39.5 Å². The summed E-state index contributed by atoms with van der Waals surface area (Å²) < 4.78 is 70.0. The maximum Gasteiger partial charge on any atom is 0.310 e. The lowest BCUT2D eigenvalue weighted by Crippen LogP contribution is -2.60. The monoisotopic (exact) mass is 825 g/mol. The van der Waals surface area contributed by atoms with E-state index in [4.69, 9.17) is 56.8 Å². The molecule has 0 amide bonds. The number of rotatable bonds is 13. The third-order valence-corrected chi connectivity index (χ3v) is 10.4. The van der Waals surface area contributed by atoms with Crippen LogP contribution in [-0.4, -0.2) is 111 Å². The van der Waals surface area contributed by atoms with Gasteiger partial charge in [-0.25, -0.2) is 4.68 Å². The molecule has 4 heterocycles. The Morgan fingerprint density at radius 1 is 0.780 bits per heavy atom. The Morgan fingerprint density at radius 3 is 2.02 bits per heavy atom. The minimum Gasteiger partial charge on any atom is -0.493 e. The van der Waals surface area contributed by atoms with Gasteiger partial charge in [0.05, 0.1) is 52.8 Å². The topological polar surface area (TPSA) is 227 Å². The van der Waals surface area contributed by atoms with Gasteiger partial charge in [-0.05, 0) is 41.0 Å². The van der Waals surface area contributed by atoms with Crippen LogP contribution in [0.15, 0.2) is 30.5 Å². The van der Waals surface area contributed by atoms with Crippen molar-refractivity contribution in [3.05, 3.63) is 52.8 Å². The second-order valence-corrected chi connectivity index (χ2v) is 14.1. The van der Waals surface area contributed by atoms with E-state index in [9.17, 15) is 24.0 Å². The van der Waals surface area contributed by atoms with Crippen LogP contribution in [0.5, 0.6) is 28.7 Å². The summed E-state index contributed by atoms with van der Waals surface area (Å²) in [7, 11) is 4.53. The lowest BCUT2D eigenvalue weighted by molar-refractivity contribution is -0.270. The first-order valence-corrected chi connectivity index (χ1v) is 18.5. The quantitative estimate of drug-likeness (QED) is 0.178. The number of benzene rings is 2. The molecule has 3 aromatic rings. The maximum atomic E-state index is 13.7. The summed E-state index contributed by atoms with van der Waals surface area (Å²) in [6.45, 7) is 4.08. The van der Waals surface area contributed by atoms with Crippen molar-refractivity contribution in [1.82, 2.24) is 15.0 Å². The highest BCUT2D eigenvalue weighted by Gasteiger charge is 2.55. The molecule has 0 unspecified atom stereocenters. The fourth-order valence-electron chi connectivity index (χ4n) is 8.10. The van der Waals surface area contributed by atoms with Crippen molar-refractivity contribution in [3.63, 3.8) is 0 Å². The van der Waals surface area contributed by atoms with Gasteiger partial charge in [0.1, 0.15) is 18.4 Å². The van der Waals surface area contributed by atoms with Crippen molar-refractivity contribution >= 4 is 29.8 Å². The fraction of sp³-hybridized carbons (Fsp3) is 0.513. The summed E-state index contributed by atoms with van der Waals surface area (Å²) >= 11 is 0. The van der Waals surface area contributed by atoms with Crippen LogP contribution in [0.1, 0.15) is 68.3 Å². The van der Waals surface area contributed by atoms with Crippen molar-refractivity contribution in [2.75, 3.05) is 41.3 Å². The minimum absolute atomic E-state index is 0.00977. The predicted molar refractivity (Wildman–Crippen MR) is 193 cm³/mol. The molecule has 20 heteroatoms. The average Bonchev–Trinajstić information content (AvgIpc) is 3.96. The van der Waals surface area contributed by atoms with Gasteiger partial charge in [0.25, 0.3) is 0 Å². The Morgan fingerprint density at radius 2 is 1.41 bits per heavy atom. The standard InChI is InChI=1S/C39H43N3O17/c1-17(43)51-15-30-35(56-18(2)44)36(57-19(3)45)37(58-20(4)46)38(59-30)42-12-22(40-41-42)13-52-33-24-11-27-26(54-16-55-27)10-23(24)31(32-25(33)14-53-39(32)47)21-8-28(48-5)34(50-7)29(9-21)49-6/h8-12,25,30-33,35-38H,13-16H2,1-7H3/t25-,30+,31+,32-,33+,35-,36-,37+,38+/m0/s1. The molecule has 7 rings (SSSR count). The van der Waals surface area contributed by atoms with Crippen LogP contribution < -0.4 is 23.7 Å². The molecular weight excluding hydrogens is 782 g/mol. The highest BCUT2D eigenvalue weighted by atomic mass is 16.7. The highest BCUT2D eigenvalue weighted by molar-refractivity contribution is 5.79. The molecule has 0 radical (unpaired) electrons. The van der Waals surface area contributed by atoms with E-state index in [2.05, 4.69) is 10.3 Å². The second kappa shape index (κ2) is 17.0. The van der Waals surface area contributed by atoms with E-state index in [-0.39, 0.29) is 25.7 Å². The van der Waals surface area contributed by atoms with Crippen LogP contribution in [0.3, 0.4) is 0 Å². The molecule has 1 aromatic heterocycles. The van der Waals surface area contributed by atoms with Crippen LogP contribution in [0.25, 0.3) is 0 Å². The molecule has 20 nitrogen and oxygen atoms in total. The number of carbonyl (C=O) groups is 5. The zero-order valence-corrected chi connectivity index (χ0v) is 33.2. The van der Waals surface area contributed by atoms with Gasteiger partial charge in [-0.1, -0.05) is 5.21 Å². The maximum absolute atomic E-state index is 13.7. The van der Waals surface area contributed by atoms with E-state index in [1.165, 1.54) is 39.1 Å². The van der Waals surface area contributed by atoms with E-state index >= 15 is 0 Å². The normalized spacial score (nSPS) is 26.4. The number of hydrogen-bond acceptors (Lipinski definition) is 19. The molecule has 9 atom stereocenters. The van der Waals surface area contributed by atoms with Crippen LogP contribution >= 0.6 is 0 Å². The molecule has 0 spiro atoms. The third kappa shape index (κ3) is 8.14. The number of ether oxygens (including phenoxy) is 12. The molecule has 0 bridgehead atoms. The van der Waals surface area contributed by atoms with Crippen molar-refractivity contribution < 1.29 is 80.8 Å². The number of aromatic nitrogens is 3. The van der Waals surface area contributed by atoms with E-state index in [1.54, 1.807) is 12.1 Å². The molecule has 1 aliphatic carbocycles. The summed E-state index contributed by atoms with van der Waals surface area (Å²) in [4.78, 5) is 62.3. The van der Waals surface area contributed by atoms with Crippen molar-refractivity contribution in [1.29, 1.82) is 0 Å². The Hall–Kier alpha value is -6.15. The summed E-state index contributed by atoms with van der Waals surface area (Å²) in [5.74, 6) is -2.90. The number of carbonyl (C=O) groups excluding carboxylic acids is 5. The van der Waals surface area contributed by atoms with Gasteiger partial charge >= 0.3 is 29.8 Å². The lowest BCUT2D eigenvalue weighted by atomic mass is 9.66. The minimum atomic E-state index is -1.41. The molecule has 316 valence electrons. The summed E-state index contributed by atoms with van der Waals surface area (Å²) in [5.41, 5.74) is 2.45. The predicted octanol–water partition coefficient (Wildman–Crippen LogP) is 2.48. The van der Waals surface area contributed by atoms with Crippen molar-refractivity contribution in [2.45, 2.75) is 77.0 Å². The first kappa shape index (κ1) is 41.0. The SMILES string of the molecule is COc1cc([C@@H]2c3cc4c(cc3[C@@H](OCc3cn([C@@H]5O[C@H](COC(C)=O)[C@H](OC(C)=O)[C@H](OC(C)=O)[C@H]5OC(C)=O)nn3)[C@H]3COC(=O)[C@H]23)OCO4)cc(OC)c1OC. The van der Waals surface area contributed by atoms with E-state index in [0.717, 1.165) is 31.9 Å². The van der Waals surface area contributed by atoms with E-state index in [0.29, 0.717) is 34.3 Å². The average molecular weight is 826 g/mol. The zero-order valence-electron chi connectivity index (χ0n) is 33.2. The van der Waals surface area contributed by atoms with Gasteiger partial charge in [0.2, 0.25) is 12.5 Å². The Bertz CT molecular complexity index is 2100. The van der Waals surface area contributed by atoms with Crippen molar-refractivity contribution in [3.8, 4) is 28.7 Å². The summed E-state index contributed by atoms with van der Waals surface area (Å²) in [6.07, 6.45) is -5.94. The molecular formula is C39H43N3O17. The Kier molecular flexibility index (Phi) is 11.8. The molecule has 2 fully saturated rings. The molecule has 0 saturated carbocycles.